The molecule has 1 aliphatic rings. The molecule has 1 heterocycles. The van der Waals surface area contributed by atoms with Crippen LogP contribution >= 0.6 is 0 Å². The van der Waals surface area contributed by atoms with Crippen LogP contribution < -0.4 is 16.1 Å². The van der Waals surface area contributed by atoms with Gasteiger partial charge in [-0.3, -0.25) is 0 Å². The van der Waals surface area contributed by atoms with Crippen LogP contribution in [-0.2, 0) is 4.43 Å². The van der Waals surface area contributed by atoms with Gasteiger partial charge in [0.15, 0.2) is 0 Å². The van der Waals surface area contributed by atoms with Crippen molar-refractivity contribution in [3.05, 3.63) is 60.7 Å². The fourth-order valence-electron chi connectivity index (χ4n) is 3.15. The fourth-order valence-corrected chi connectivity index (χ4v) is 7.40. The van der Waals surface area contributed by atoms with Gasteiger partial charge in [0.05, 0.1) is 6.10 Å². The summed E-state index contributed by atoms with van der Waals surface area (Å²) in [6.45, 7) is 0.619. The summed E-state index contributed by atoms with van der Waals surface area (Å²) in [5.74, 6) is 0. The van der Waals surface area contributed by atoms with Gasteiger partial charge in [0.25, 0.3) is 8.32 Å². The molecule has 1 fully saturated rings. The average molecular weight is 283 g/mol. The van der Waals surface area contributed by atoms with Crippen molar-refractivity contribution < 1.29 is 4.43 Å². The Kier molecular flexibility index (Phi) is 4.01. The lowest BCUT2D eigenvalue weighted by molar-refractivity contribution is 0.175. The summed E-state index contributed by atoms with van der Waals surface area (Å²) in [5, 5.41) is 2.73. The monoisotopic (exact) mass is 283 g/mol. The van der Waals surface area contributed by atoms with Crippen LogP contribution in [0.5, 0.6) is 0 Å². The minimum atomic E-state index is -2.10. The molecule has 2 aromatic carbocycles. The minimum absolute atomic E-state index is 0.204. The zero-order valence-corrected chi connectivity index (χ0v) is 12.7. The van der Waals surface area contributed by atoms with Crippen molar-refractivity contribution in [3.8, 4) is 0 Å². The van der Waals surface area contributed by atoms with Gasteiger partial charge < -0.3 is 10.2 Å². The highest BCUT2D eigenvalue weighted by Gasteiger charge is 2.43. The van der Waals surface area contributed by atoms with E-state index in [0.717, 1.165) is 12.5 Å². The molecule has 1 unspecified atom stereocenters. The van der Waals surface area contributed by atoms with E-state index in [1.54, 1.807) is 0 Å². The Morgan fingerprint density at radius 3 is 2.00 bits per heavy atom. The molecule has 0 aromatic heterocycles. The third-order valence-corrected chi connectivity index (χ3v) is 8.49. The third-order valence-electron chi connectivity index (χ3n) is 4.17. The Morgan fingerprint density at radius 2 is 1.50 bits per heavy atom. The Hall–Kier alpha value is -1.42. The van der Waals surface area contributed by atoms with Crippen molar-refractivity contribution >= 4 is 18.7 Å². The first kappa shape index (κ1) is 13.6. The highest BCUT2D eigenvalue weighted by Crippen LogP contribution is 2.25. The molecule has 2 nitrogen and oxygen atoms in total. The summed E-state index contributed by atoms with van der Waals surface area (Å²) in [7, 11) is -2.10. The maximum atomic E-state index is 6.61. The first-order valence-electron chi connectivity index (χ1n) is 7.34. The van der Waals surface area contributed by atoms with Crippen LogP contribution in [0.4, 0.5) is 0 Å². The first-order valence-corrected chi connectivity index (χ1v) is 9.45. The number of hydrogen-bond acceptors (Lipinski definition) is 2. The summed E-state index contributed by atoms with van der Waals surface area (Å²) >= 11 is 0. The molecule has 0 radical (unpaired) electrons. The quantitative estimate of drug-likeness (QED) is 0.873. The standard InChI is InChI=1S/C17H21NOSi/c18-14-15-8-7-13-20(19-15,16-9-3-1-4-10-16)17-11-5-2-6-12-17/h1-6,9-12,15H,7-8,13-14,18H2. The van der Waals surface area contributed by atoms with Gasteiger partial charge in [0.1, 0.15) is 0 Å². The smallest absolute Gasteiger partial charge is 0.256 e. The molecule has 104 valence electrons. The molecule has 2 aromatic rings. The summed E-state index contributed by atoms with van der Waals surface area (Å²) < 4.78 is 6.61. The van der Waals surface area contributed by atoms with Crippen LogP contribution in [0.1, 0.15) is 12.8 Å². The van der Waals surface area contributed by atoms with E-state index in [2.05, 4.69) is 60.7 Å². The Labute approximate surface area is 121 Å². The highest BCUT2D eigenvalue weighted by atomic mass is 28.4. The Morgan fingerprint density at radius 1 is 0.950 bits per heavy atom. The van der Waals surface area contributed by atoms with Crippen LogP contribution in [0.2, 0.25) is 6.04 Å². The molecule has 1 atom stereocenters. The maximum Gasteiger partial charge on any atom is 0.256 e. The van der Waals surface area contributed by atoms with E-state index >= 15 is 0 Å². The van der Waals surface area contributed by atoms with Gasteiger partial charge in [-0.05, 0) is 22.8 Å². The number of hydrogen-bond donors (Lipinski definition) is 1. The van der Waals surface area contributed by atoms with E-state index in [4.69, 9.17) is 10.2 Å². The van der Waals surface area contributed by atoms with Crippen molar-refractivity contribution in [1.29, 1.82) is 0 Å². The van der Waals surface area contributed by atoms with Crippen LogP contribution in [0.3, 0.4) is 0 Å². The van der Waals surface area contributed by atoms with Gasteiger partial charge in [0, 0.05) is 6.54 Å². The van der Waals surface area contributed by atoms with E-state index in [-0.39, 0.29) is 6.10 Å². The molecule has 0 saturated carbocycles. The second kappa shape index (κ2) is 5.91. The summed E-state index contributed by atoms with van der Waals surface area (Å²) in [6.07, 6.45) is 2.50. The molecular formula is C17H21NOSi. The van der Waals surface area contributed by atoms with Gasteiger partial charge in [-0.2, -0.15) is 0 Å². The minimum Gasteiger partial charge on any atom is -0.404 e. The molecule has 2 N–H and O–H groups in total. The van der Waals surface area contributed by atoms with E-state index < -0.39 is 8.32 Å². The number of rotatable bonds is 3. The summed E-state index contributed by atoms with van der Waals surface area (Å²) in [6, 6.07) is 22.6. The summed E-state index contributed by atoms with van der Waals surface area (Å²) in [4.78, 5) is 0. The van der Waals surface area contributed by atoms with Crippen molar-refractivity contribution in [2.45, 2.75) is 25.0 Å². The second-order valence-corrected chi connectivity index (χ2v) is 8.97. The molecule has 0 amide bonds. The van der Waals surface area contributed by atoms with E-state index in [9.17, 15) is 0 Å². The normalized spacial score (nSPS) is 21.6. The molecule has 1 saturated heterocycles. The van der Waals surface area contributed by atoms with Gasteiger partial charge in [0.2, 0.25) is 0 Å². The average Bonchev–Trinajstić information content (AvgIpc) is 2.56. The molecule has 0 bridgehead atoms. The molecule has 0 aliphatic carbocycles. The van der Waals surface area contributed by atoms with E-state index in [1.165, 1.54) is 16.8 Å². The second-order valence-electron chi connectivity index (χ2n) is 5.43. The highest BCUT2D eigenvalue weighted by molar-refractivity contribution is 6.97. The van der Waals surface area contributed by atoms with Crippen LogP contribution in [0.25, 0.3) is 0 Å². The molecule has 1 aliphatic heterocycles. The van der Waals surface area contributed by atoms with Crippen LogP contribution in [0, 0.1) is 0 Å². The first-order chi connectivity index (χ1) is 9.85. The molecular weight excluding hydrogens is 262 g/mol. The largest absolute Gasteiger partial charge is 0.404 e. The molecule has 3 rings (SSSR count). The van der Waals surface area contributed by atoms with Gasteiger partial charge >= 0.3 is 0 Å². The zero-order chi connectivity index (χ0) is 13.8. The van der Waals surface area contributed by atoms with Crippen LogP contribution in [-0.4, -0.2) is 21.0 Å². The van der Waals surface area contributed by atoms with E-state index in [1.807, 2.05) is 0 Å². The lowest BCUT2D eigenvalue weighted by Crippen LogP contribution is -2.64. The van der Waals surface area contributed by atoms with E-state index in [0.29, 0.717) is 6.54 Å². The van der Waals surface area contributed by atoms with Crippen molar-refractivity contribution in [1.82, 2.24) is 0 Å². The molecule has 0 spiro atoms. The van der Waals surface area contributed by atoms with Gasteiger partial charge in [-0.1, -0.05) is 67.1 Å². The van der Waals surface area contributed by atoms with Crippen LogP contribution in [0.15, 0.2) is 60.7 Å². The summed E-state index contributed by atoms with van der Waals surface area (Å²) in [5.41, 5.74) is 5.88. The fraction of sp³-hybridized carbons (Fsp3) is 0.294. The van der Waals surface area contributed by atoms with Crippen molar-refractivity contribution in [3.63, 3.8) is 0 Å². The predicted octanol–water partition coefficient (Wildman–Crippen LogP) is 1.88. The SMILES string of the molecule is NCC1CCC[Si](c2ccccc2)(c2ccccc2)O1. The lowest BCUT2D eigenvalue weighted by Gasteiger charge is -2.40. The lowest BCUT2D eigenvalue weighted by atomic mass is 10.2. The van der Waals surface area contributed by atoms with Crippen molar-refractivity contribution in [2.75, 3.05) is 6.54 Å². The Bertz CT molecular complexity index is 504. The maximum absolute atomic E-state index is 6.61. The topological polar surface area (TPSA) is 35.2 Å². The molecule has 20 heavy (non-hydrogen) atoms. The van der Waals surface area contributed by atoms with Gasteiger partial charge in [-0.25, -0.2) is 0 Å². The number of nitrogens with two attached hydrogens (primary N) is 1. The predicted molar refractivity (Wildman–Crippen MR) is 85.9 cm³/mol. The third kappa shape index (κ3) is 2.44. The van der Waals surface area contributed by atoms with Crippen molar-refractivity contribution in [2.24, 2.45) is 5.73 Å². The zero-order valence-electron chi connectivity index (χ0n) is 11.7. The van der Waals surface area contributed by atoms with Gasteiger partial charge in [-0.15, -0.1) is 0 Å². The molecule has 3 heteroatoms. The Balaban J connectivity index is 2.08. The number of benzene rings is 2.